The number of amides is 2. The first-order chi connectivity index (χ1) is 11.2. The van der Waals surface area contributed by atoms with Gasteiger partial charge in [0.15, 0.2) is 0 Å². The number of rotatable bonds is 6. The number of nitrogens with one attached hydrogen (secondary N) is 2. The summed E-state index contributed by atoms with van der Waals surface area (Å²) < 4.78 is 4.94. The second kappa shape index (κ2) is 9.18. The van der Waals surface area contributed by atoms with Crippen molar-refractivity contribution in [3.8, 4) is 0 Å². The van der Waals surface area contributed by atoms with Gasteiger partial charge in [-0.05, 0) is 25.3 Å². The van der Waals surface area contributed by atoms with Crippen LogP contribution in [0.5, 0.6) is 0 Å². The molecule has 1 fully saturated rings. The Morgan fingerprint density at radius 1 is 1.17 bits per heavy atom. The number of benzene rings is 1. The Balaban J connectivity index is 1.95. The Bertz CT molecular complexity index is 498. The maximum atomic E-state index is 12.3. The summed E-state index contributed by atoms with van der Waals surface area (Å²) in [4.78, 5) is 24.1. The maximum absolute atomic E-state index is 12.3. The lowest BCUT2D eigenvalue weighted by Crippen LogP contribution is -2.39. The second-order valence-electron chi connectivity index (χ2n) is 5.93. The molecule has 1 aromatic rings. The third kappa shape index (κ3) is 5.93. The van der Waals surface area contributed by atoms with E-state index in [-0.39, 0.29) is 24.4 Å². The quantitative estimate of drug-likeness (QED) is 0.845. The summed E-state index contributed by atoms with van der Waals surface area (Å²) in [7, 11) is 0. The van der Waals surface area contributed by atoms with E-state index in [4.69, 9.17) is 4.74 Å². The van der Waals surface area contributed by atoms with Crippen molar-refractivity contribution in [2.45, 2.75) is 57.5 Å². The molecule has 0 spiro atoms. The highest BCUT2D eigenvalue weighted by Crippen LogP contribution is 2.20. The van der Waals surface area contributed by atoms with Crippen LogP contribution in [0.15, 0.2) is 30.3 Å². The average Bonchev–Trinajstić information content (AvgIpc) is 2.56. The lowest BCUT2D eigenvalue weighted by atomic mass is 9.95. The number of alkyl carbamates (subject to hydrolysis) is 1. The fourth-order valence-corrected chi connectivity index (χ4v) is 2.97. The molecule has 0 aromatic heterocycles. The zero-order chi connectivity index (χ0) is 16.5. The molecule has 1 saturated carbocycles. The highest BCUT2D eigenvalue weighted by atomic mass is 16.5. The van der Waals surface area contributed by atoms with Crippen molar-refractivity contribution in [1.82, 2.24) is 10.6 Å². The van der Waals surface area contributed by atoms with Gasteiger partial charge in [-0.15, -0.1) is 0 Å². The number of hydrogen-bond acceptors (Lipinski definition) is 3. The van der Waals surface area contributed by atoms with Crippen molar-refractivity contribution in [2.24, 2.45) is 0 Å². The summed E-state index contributed by atoms with van der Waals surface area (Å²) in [6.07, 6.45) is 5.43. The van der Waals surface area contributed by atoms with Gasteiger partial charge in [0.1, 0.15) is 0 Å². The molecule has 1 aliphatic carbocycles. The van der Waals surface area contributed by atoms with E-state index in [2.05, 4.69) is 10.6 Å². The van der Waals surface area contributed by atoms with Gasteiger partial charge in [-0.25, -0.2) is 4.79 Å². The van der Waals surface area contributed by atoms with Crippen molar-refractivity contribution in [1.29, 1.82) is 0 Å². The second-order valence-corrected chi connectivity index (χ2v) is 5.93. The smallest absolute Gasteiger partial charge is 0.407 e. The number of hydrogen-bond donors (Lipinski definition) is 2. The molecular weight excluding hydrogens is 292 g/mol. The van der Waals surface area contributed by atoms with E-state index in [0.29, 0.717) is 6.61 Å². The van der Waals surface area contributed by atoms with Gasteiger partial charge in [0.05, 0.1) is 19.1 Å². The van der Waals surface area contributed by atoms with Crippen LogP contribution in [0.1, 0.15) is 57.1 Å². The minimum absolute atomic E-state index is 0.0254. The van der Waals surface area contributed by atoms with E-state index < -0.39 is 6.09 Å². The average molecular weight is 318 g/mol. The van der Waals surface area contributed by atoms with E-state index in [0.717, 1.165) is 18.4 Å². The SMILES string of the molecule is CCOC(=O)N[C@H](CC(=O)NC1CCCCC1)c1ccccc1. The fraction of sp³-hybridized carbons (Fsp3) is 0.556. The third-order valence-corrected chi connectivity index (χ3v) is 4.13. The van der Waals surface area contributed by atoms with Gasteiger partial charge < -0.3 is 15.4 Å². The van der Waals surface area contributed by atoms with Crippen molar-refractivity contribution in [3.63, 3.8) is 0 Å². The Morgan fingerprint density at radius 3 is 2.52 bits per heavy atom. The largest absolute Gasteiger partial charge is 0.450 e. The van der Waals surface area contributed by atoms with Crippen LogP contribution in [-0.4, -0.2) is 24.6 Å². The summed E-state index contributed by atoms with van der Waals surface area (Å²) in [5, 5.41) is 5.87. The summed E-state index contributed by atoms with van der Waals surface area (Å²) in [5.41, 5.74) is 0.902. The van der Waals surface area contributed by atoms with E-state index >= 15 is 0 Å². The first-order valence-corrected chi connectivity index (χ1v) is 8.46. The first kappa shape index (κ1) is 17.3. The Kier molecular flexibility index (Phi) is 6.91. The number of ether oxygens (including phenoxy) is 1. The van der Waals surface area contributed by atoms with Crippen LogP contribution < -0.4 is 10.6 Å². The molecule has 1 aromatic carbocycles. The monoisotopic (exact) mass is 318 g/mol. The Morgan fingerprint density at radius 2 is 1.87 bits per heavy atom. The van der Waals surface area contributed by atoms with Crippen molar-refractivity contribution in [2.75, 3.05) is 6.61 Å². The summed E-state index contributed by atoms with van der Waals surface area (Å²) in [5.74, 6) is -0.0254. The van der Waals surface area contributed by atoms with Gasteiger partial charge in [-0.2, -0.15) is 0 Å². The van der Waals surface area contributed by atoms with Crippen LogP contribution in [0.3, 0.4) is 0 Å². The zero-order valence-corrected chi connectivity index (χ0v) is 13.7. The van der Waals surface area contributed by atoms with Gasteiger partial charge >= 0.3 is 6.09 Å². The first-order valence-electron chi connectivity index (χ1n) is 8.46. The maximum Gasteiger partial charge on any atom is 0.407 e. The topological polar surface area (TPSA) is 67.4 Å². The molecule has 0 bridgehead atoms. The van der Waals surface area contributed by atoms with Crippen LogP contribution in [0.4, 0.5) is 4.79 Å². The van der Waals surface area contributed by atoms with Crippen LogP contribution in [0.2, 0.25) is 0 Å². The predicted molar refractivity (Wildman–Crippen MR) is 89.0 cm³/mol. The molecule has 5 nitrogen and oxygen atoms in total. The van der Waals surface area contributed by atoms with Gasteiger partial charge in [-0.3, -0.25) is 4.79 Å². The van der Waals surface area contributed by atoms with Crippen molar-refractivity contribution >= 4 is 12.0 Å². The van der Waals surface area contributed by atoms with E-state index in [9.17, 15) is 9.59 Å². The normalized spacial score (nSPS) is 16.4. The Labute approximate surface area is 137 Å². The molecule has 23 heavy (non-hydrogen) atoms. The molecule has 1 atom stereocenters. The van der Waals surface area contributed by atoms with Crippen LogP contribution in [0.25, 0.3) is 0 Å². The molecule has 126 valence electrons. The molecule has 2 rings (SSSR count). The van der Waals surface area contributed by atoms with Gasteiger partial charge in [0, 0.05) is 6.04 Å². The highest BCUT2D eigenvalue weighted by Gasteiger charge is 2.21. The molecule has 1 aliphatic rings. The Hall–Kier alpha value is -2.04. The van der Waals surface area contributed by atoms with Crippen LogP contribution in [-0.2, 0) is 9.53 Å². The molecule has 0 saturated heterocycles. The minimum atomic E-state index is -0.494. The minimum Gasteiger partial charge on any atom is -0.450 e. The number of carbonyl (C=O) groups is 2. The van der Waals surface area contributed by atoms with E-state index in [1.807, 2.05) is 30.3 Å². The van der Waals surface area contributed by atoms with Gasteiger partial charge in [-0.1, -0.05) is 49.6 Å². The lowest BCUT2D eigenvalue weighted by Gasteiger charge is -2.24. The molecule has 0 radical (unpaired) electrons. The fourth-order valence-electron chi connectivity index (χ4n) is 2.97. The molecule has 0 unspecified atom stereocenters. The van der Waals surface area contributed by atoms with Crippen LogP contribution >= 0.6 is 0 Å². The molecule has 2 amide bonds. The molecular formula is C18H26N2O3. The van der Waals surface area contributed by atoms with Crippen LogP contribution in [0, 0.1) is 0 Å². The standard InChI is InChI=1S/C18H26N2O3/c1-2-23-18(22)20-16(14-9-5-3-6-10-14)13-17(21)19-15-11-7-4-8-12-15/h3,5-6,9-10,15-16H,2,4,7-8,11-13H2,1H3,(H,19,21)(H,20,22)/t16-/m1/s1. The van der Waals surface area contributed by atoms with Gasteiger partial charge in [0.2, 0.25) is 5.91 Å². The summed E-state index contributed by atoms with van der Waals surface area (Å²) in [6, 6.07) is 9.42. The highest BCUT2D eigenvalue weighted by molar-refractivity contribution is 5.78. The molecule has 0 heterocycles. The number of carbonyl (C=O) groups excluding carboxylic acids is 2. The molecule has 0 aliphatic heterocycles. The summed E-state index contributed by atoms with van der Waals surface area (Å²) >= 11 is 0. The van der Waals surface area contributed by atoms with Crippen molar-refractivity contribution in [3.05, 3.63) is 35.9 Å². The third-order valence-electron chi connectivity index (χ3n) is 4.13. The predicted octanol–water partition coefficient (Wildman–Crippen LogP) is 3.31. The van der Waals surface area contributed by atoms with E-state index in [1.54, 1.807) is 6.92 Å². The zero-order valence-electron chi connectivity index (χ0n) is 13.7. The van der Waals surface area contributed by atoms with Gasteiger partial charge in [0.25, 0.3) is 0 Å². The van der Waals surface area contributed by atoms with E-state index in [1.165, 1.54) is 19.3 Å². The molecule has 5 heteroatoms. The lowest BCUT2D eigenvalue weighted by molar-refractivity contribution is -0.122. The van der Waals surface area contributed by atoms with Crippen molar-refractivity contribution < 1.29 is 14.3 Å². The summed E-state index contributed by atoms with van der Waals surface area (Å²) in [6.45, 7) is 2.06. The molecule has 2 N–H and O–H groups in total.